The third-order valence-electron chi connectivity index (χ3n) is 5.02. The fraction of sp³-hybridized carbons (Fsp3) is 0.611. The first-order valence-corrected chi connectivity index (χ1v) is 8.68. The molecule has 1 aromatic rings. The Bertz CT molecular complexity index is 528. The molecular weight excluding hydrogens is 293 g/mol. The van der Waals surface area contributed by atoms with Crippen LogP contribution in [0.25, 0.3) is 0 Å². The second-order valence-corrected chi connectivity index (χ2v) is 6.72. The van der Waals surface area contributed by atoms with E-state index in [2.05, 4.69) is 10.2 Å². The van der Waals surface area contributed by atoms with Gasteiger partial charge in [-0.05, 0) is 63.4 Å². The number of rotatable bonds is 4. The third-order valence-corrected chi connectivity index (χ3v) is 5.02. The van der Waals surface area contributed by atoms with Crippen LogP contribution >= 0.6 is 0 Å². The number of halogens is 1. The average Bonchev–Trinajstić information content (AvgIpc) is 3.20. The highest BCUT2D eigenvalue weighted by Crippen LogP contribution is 2.21. The van der Waals surface area contributed by atoms with Gasteiger partial charge in [0, 0.05) is 19.1 Å². The van der Waals surface area contributed by atoms with Gasteiger partial charge in [-0.25, -0.2) is 9.18 Å². The largest absolute Gasteiger partial charge is 0.331 e. The number of nitrogens with zero attached hydrogens (tertiary/aromatic N) is 2. The molecule has 2 fully saturated rings. The van der Waals surface area contributed by atoms with Gasteiger partial charge in [0.1, 0.15) is 5.82 Å². The molecule has 2 saturated heterocycles. The first-order chi connectivity index (χ1) is 11.1. The van der Waals surface area contributed by atoms with E-state index in [-0.39, 0.29) is 17.9 Å². The van der Waals surface area contributed by atoms with Crippen molar-refractivity contribution in [2.75, 3.05) is 26.2 Å². The molecular formula is C18H26FN3O. The SMILES string of the molecule is C[C@H](NC(=O)N1CCC[C@H]1CN1CCCC1)c1ccc(F)cc1. The van der Waals surface area contributed by atoms with Crippen LogP contribution in [0.1, 0.15) is 44.2 Å². The van der Waals surface area contributed by atoms with Gasteiger partial charge in [0.05, 0.1) is 6.04 Å². The Morgan fingerprint density at radius 3 is 2.61 bits per heavy atom. The smallest absolute Gasteiger partial charge is 0.318 e. The third kappa shape index (κ3) is 4.02. The first kappa shape index (κ1) is 16.2. The lowest BCUT2D eigenvalue weighted by molar-refractivity contribution is 0.172. The maximum atomic E-state index is 13.0. The quantitative estimate of drug-likeness (QED) is 0.925. The van der Waals surface area contributed by atoms with E-state index in [9.17, 15) is 9.18 Å². The van der Waals surface area contributed by atoms with Gasteiger partial charge in [-0.2, -0.15) is 0 Å². The van der Waals surface area contributed by atoms with Gasteiger partial charge in [-0.3, -0.25) is 0 Å². The van der Waals surface area contributed by atoms with Crippen LogP contribution in [0, 0.1) is 5.82 Å². The Kier molecular flexibility index (Phi) is 5.16. The van der Waals surface area contributed by atoms with Crippen molar-refractivity contribution in [3.8, 4) is 0 Å². The molecule has 1 aromatic carbocycles. The zero-order chi connectivity index (χ0) is 16.2. The fourth-order valence-electron chi connectivity index (χ4n) is 3.66. The molecule has 5 heteroatoms. The number of hydrogen-bond donors (Lipinski definition) is 1. The summed E-state index contributed by atoms with van der Waals surface area (Å²) in [5, 5.41) is 3.06. The molecule has 4 nitrogen and oxygen atoms in total. The summed E-state index contributed by atoms with van der Waals surface area (Å²) in [6.45, 7) is 6.10. The van der Waals surface area contributed by atoms with Crippen molar-refractivity contribution in [2.24, 2.45) is 0 Å². The highest BCUT2D eigenvalue weighted by Gasteiger charge is 2.31. The standard InChI is InChI=1S/C18H26FN3O/c1-14(15-6-8-16(19)9-7-15)20-18(23)22-12-4-5-17(22)13-21-10-2-3-11-21/h6-9,14,17H,2-5,10-13H2,1H3,(H,20,23)/t14-,17-/m0/s1. The molecule has 0 spiro atoms. The monoisotopic (exact) mass is 319 g/mol. The maximum absolute atomic E-state index is 13.0. The van der Waals surface area contributed by atoms with E-state index in [1.165, 1.54) is 25.0 Å². The molecule has 2 amide bonds. The first-order valence-electron chi connectivity index (χ1n) is 8.68. The molecule has 0 aliphatic carbocycles. The predicted molar refractivity (Wildman–Crippen MR) is 88.7 cm³/mol. The summed E-state index contributed by atoms with van der Waals surface area (Å²) in [6, 6.07) is 6.54. The summed E-state index contributed by atoms with van der Waals surface area (Å²) in [5.41, 5.74) is 0.926. The van der Waals surface area contributed by atoms with Crippen molar-refractivity contribution in [2.45, 2.75) is 44.7 Å². The van der Waals surface area contributed by atoms with Crippen LogP contribution in [0.5, 0.6) is 0 Å². The van der Waals surface area contributed by atoms with Crippen molar-refractivity contribution in [1.29, 1.82) is 0 Å². The van der Waals surface area contributed by atoms with E-state index >= 15 is 0 Å². The highest BCUT2D eigenvalue weighted by molar-refractivity contribution is 5.75. The number of carbonyl (C=O) groups is 1. The number of benzene rings is 1. The van der Waals surface area contributed by atoms with Crippen LogP contribution < -0.4 is 5.32 Å². The Balaban J connectivity index is 1.56. The van der Waals surface area contributed by atoms with Gasteiger partial charge in [-0.15, -0.1) is 0 Å². The second kappa shape index (κ2) is 7.30. The van der Waals surface area contributed by atoms with Crippen LogP contribution in [0.2, 0.25) is 0 Å². The van der Waals surface area contributed by atoms with Crippen LogP contribution in [0.3, 0.4) is 0 Å². The van der Waals surface area contributed by atoms with E-state index in [1.807, 2.05) is 11.8 Å². The summed E-state index contributed by atoms with van der Waals surface area (Å²) in [5.74, 6) is -0.252. The molecule has 2 aliphatic rings. The van der Waals surface area contributed by atoms with Crippen LogP contribution in [0.4, 0.5) is 9.18 Å². The Morgan fingerprint density at radius 2 is 1.91 bits per heavy atom. The molecule has 23 heavy (non-hydrogen) atoms. The lowest BCUT2D eigenvalue weighted by atomic mass is 10.1. The molecule has 0 radical (unpaired) electrons. The van der Waals surface area contributed by atoms with Crippen molar-refractivity contribution in [1.82, 2.24) is 15.1 Å². The van der Waals surface area contributed by atoms with Crippen molar-refractivity contribution >= 4 is 6.03 Å². The molecule has 2 atom stereocenters. The van der Waals surface area contributed by atoms with Crippen molar-refractivity contribution in [3.63, 3.8) is 0 Å². The van der Waals surface area contributed by atoms with E-state index in [0.29, 0.717) is 6.04 Å². The Hall–Kier alpha value is -1.62. The van der Waals surface area contributed by atoms with Gasteiger partial charge in [0.15, 0.2) is 0 Å². The summed E-state index contributed by atoms with van der Waals surface area (Å²) in [7, 11) is 0. The Morgan fingerprint density at radius 1 is 1.22 bits per heavy atom. The van der Waals surface area contributed by atoms with E-state index < -0.39 is 0 Å². The number of amides is 2. The molecule has 2 aliphatic heterocycles. The van der Waals surface area contributed by atoms with E-state index in [1.54, 1.807) is 12.1 Å². The molecule has 0 saturated carbocycles. The number of likely N-dealkylation sites (tertiary alicyclic amines) is 2. The molecule has 0 aromatic heterocycles. The Labute approximate surface area is 137 Å². The molecule has 126 valence electrons. The lowest BCUT2D eigenvalue weighted by Gasteiger charge is -2.29. The topological polar surface area (TPSA) is 35.6 Å². The highest BCUT2D eigenvalue weighted by atomic mass is 19.1. The number of carbonyl (C=O) groups excluding carboxylic acids is 1. The zero-order valence-corrected chi connectivity index (χ0v) is 13.8. The molecule has 1 N–H and O–H groups in total. The summed E-state index contributed by atoms with van der Waals surface area (Å²) < 4.78 is 13.0. The zero-order valence-electron chi connectivity index (χ0n) is 13.8. The summed E-state index contributed by atoms with van der Waals surface area (Å²) >= 11 is 0. The molecule has 2 heterocycles. The average molecular weight is 319 g/mol. The van der Waals surface area contributed by atoms with Gasteiger partial charge < -0.3 is 15.1 Å². The van der Waals surface area contributed by atoms with Crippen molar-refractivity contribution in [3.05, 3.63) is 35.6 Å². The fourth-order valence-corrected chi connectivity index (χ4v) is 3.66. The minimum absolute atomic E-state index is 0.00326. The van der Waals surface area contributed by atoms with Crippen LogP contribution in [-0.2, 0) is 0 Å². The van der Waals surface area contributed by atoms with Gasteiger partial charge in [0.2, 0.25) is 0 Å². The minimum atomic E-state index is -0.252. The van der Waals surface area contributed by atoms with Crippen LogP contribution in [0.15, 0.2) is 24.3 Å². The van der Waals surface area contributed by atoms with Crippen LogP contribution in [-0.4, -0.2) is 48.1 Å². The summed E-state index contributed by atoms with van der Waals surface area (Å²) in [6.07, 6.45) is 4.73. The maximum Gasteiger partial charge on any atom is 0.318 e. The van der Waals surface area contributed by atoms with Crippen molar-refractivity contribution < 1.29 is 9.18 Å². The second-order valence-electron chi connectivity index (χ2n) is 6.72. The van der Waals surface area contributed by atoms with Gasteiger partial charge >= 0.3 is 6.03 Å². The molecule has 0 unspecified atom stereocenters. The van der Waals surface area contributed by atoms with Gasteiger partial charge in [-0.1, -0.05) is 12.1 Å². The van der Waals surface area contributed by atoms with E-state index in [4.69, 9.17) is 0 Å². The predicted octanol–water partition coefficient (Wildman–Crippen LogP) is 3.16. The molecule has 0 bridgehead atoms. The summed E-state index contributed by atoms with van der Waals surface area (Å²) in [4.78, 5) is 17.1. The normalized spacial score (nSPS) is 23.2. The minimum Gasteiger partial charge on any atom is -0.331 e. The number of urea groups is 1. The van der Waals surface area contributed by atoms with E-state index in [0.717, 1.165) is 44.6 Å². The molecule has 3 rings (SSSR count). The number of hydrogen-bond acceptors (Lipinski definition) is 2. The lowest BCUT2D eigenvalue weighted by Crippen LogP contribution is -2.47. The van der Waals surface area contributed by atoms with Gasteiger partial charge in [0.25, 0.3) is 0 Å². The number of nitrogens with one attached hydrogen (secondary N) is 1.